The van der Waals surface area contributed by atoms with Gasteiger partial charge < -0.3 is 15.2 Å². The number of methoxy groups -OCH3 is 1. The Hall–Kier alpha value is -1.71. The van der Waals surface area contributed by atoms with Crippen LogP contribution in [-0.4, -0.2) is 19.7 Å². The van der Waals surface area contributed by atoms with Gasteiger partial charge in [0.15, 0.2) is 0 Å². The first-order valence-corrected chi connectivity index (χ1v) is 4.71. The normalized spacial score (nSPS) is 9.80. The zero-order valence-corrected chi connectivity index (χ0v) is 9.16. The van der Waals surface area contributed by atoms with Crippen LogP contribution in [0, 0.1) is 6.92 Å². The Labute approximate surface area is 89.0 Å². The van der Waals surface area contributed by atoms with Crippen LogP contribution in [0.2, 0.25) is 0 Å². The van der Waals surface area contributed by atoms with Crippen LogP contribution in [0.25, 0.3) is 0 Å². The van der Waals surface area contributed by atoms with Gasteiger partial charge in [-0.15, -0.1) is 0 Å². The summed E-state index contributed by atoms with van der Waals surface area (Å²) in [5.41, 5.74) is 7.35. The summed E-state index contributed by atoms with van der Waals surface area (Å²) in [5.74, 6) is 0.0788. The van der Waals surface area contributed by atoms with E-state index in [1.807, 2.05) is 6.92 Å². The molecule has 0 aromatic heterocycles. The van der Waals surface area contributed by atoms with Crippen molar-refractivity contribution >= 4 is 11.7 Å². The van der Waals surface area contributed by atoms with Gasteiger partial charge in [-0.2, -0.15) is 0 Å². The van der Waals surface area contributed by atoms with E-state index in [1.54, 1.807) is 19.1 Å². The lowest BCUT2D eigenvalue weighted by Gasteiger charge is -2.10. The van der Waals surface area contributed by atoms with Crippen molar-refractivity contribution in [3.05, 3.63) is 23.3 Å². The number of aryl methyl sites for hydroxylation is 1. The number of nitrogen functional groups attached to an aromatic ring is 1. The molecule has 1 aromatic rings. The van der Waals surface area contributed by atoms with E-state index in [2.05, 4.69) is 0 Å². The molecule has 0 unspecified atom stereocenters. The number of hydrogen-bond donors (Lipinski definition) is 1. The molecule has 0 aliphatic rings. The number of esters is 1. The minimum Gasteiger partial charge on any atom is -0.495 e. The molecule has 1 rings (SSSR count). The molecule has 0 amide bonds. The fourth-order valence-corrected chi connectivity index (χ4v) is 1.31. The van der Waals surface area contributed by atoms with Crippen LogP contribution in [-0.2, 0) is 4.74 Å². The summed E-state index contributed by atoms with van der Waals surface area (Å²) in [6.45, 7) is 3.94. The van der Waals surface area contributed by atoms with E-state index in [-0.39, 0.29) is 0 Å². The van der Waals surface area contributed by atoms with Crippen LogP contribution < -0.4 is 10.5 Å². The highest BCUT2D eigenvalue weighted by molar-refractivity contribution is 5.96. The number of anilines is 1. The van der Waals surface area contributed by atoms with E-state index in [0.29, 0.717) is 23.6 Å². The van der Waals surface area contributed by atoms with Gasteiger partial charge in [-0.3, -0.25) is 0 Å². The van der Waals surface area contributed by atoms with Gasteiger partial charge in [-0.05, 0) is 31.5 Å². The molecule has 0 aliphatic carbocycles. The predicted octanol–water partition coefficient (Wildman–Crippen LogP) is 1.76. The second-order valence-corrected chi connectivity index (χ2v) is 3.15. The highest BCUT2D eigenvalue weighted by Crippen LogP contribution is 2.27. The molecule has 4 heteroatoms. The Kier molecular flexibility index (Phi) is 3.55. The molecule has 0 fully saturated rings. The van der Waals surface area contributed by atoms with Crippen molar-refractivity contribution in [3.63, 3.8) is 0 Å². The minimum absolute atomic E-state index is 0.321. The van der Waals surface area contributed by atoms with Crippen molar-refractivity contribution < 1.29 is 14.3 Å². The quantitative estimate of drug-likeness (QED) is 0.608. The Bertz CT molecular complexity index is 374. The molecule has 4 nitrogen and oxygen atoms in total. The summed E-state index contributed by atoms with van der Waals surface area (Å²) in [5, 5.41) is 0. The van der Waals surface area contributed by atoms with E-state index in [1.165, 1.54) is 7.11 Å². The lowest BCUT2D eigenvalue weighted by molar-refractivity contribution is 0.0527. The lowest BCUT2D eigenvalue weighted by Crippen LogP contribution is -2.09. The SMILES string of the molecule is CCOC(=O)c1cc(C)cc(OC)c1N. The highest BCUT2D eigenvalue weighted by atomic mass is 16.5. The van der Waals surface area contributed by atoms with Gasteiger partial charge in [-0.1, -0.05) is 0 Å². The van der Waals surface area contributed by atoms with Gasteiger partial charge in [0.2, 0.25) is 0 Å². The number of carbonyl (C=O) groups excluding carboxylic acids is 1. The van der Waals surface area contributed by atoms with Gasteiger partial charge >= 0.3 is 5.97 Å². The van der Waals surface area contributed by atoms with Gasteiger partial charge in [0.25, 0.3) is 0 Å². The summed E-state index contributed by atoms with van der Waals surface area (Å²) in [6, 6.07) is 3.47. The molecule has 82 valence electrons. The van der Waals surface area contributed by atoms with Gasteiger partial charge in [0.1, 0.15) is 5.75 Å². The lowest BCUT2D eigenvalue weighted by atomic mass is 10.1. The first-order valence-electron chi connectivity index (χ1n) is 4.71. The summed E-state index contributed by atoms with van der Waals surface area (Å²) in [6.07, 6.45) is 0. The first kappa shape index (κ1) is 11.4. The number of carbonyl (C=O) groups is 1. The molecule has 0 spiro atoms. The van der Waals surface area contributed by atoms with Gasteiger partial charge in [0, 0.05) is 0 Å². The van der Waals surface area contributed by atoms with E-state index >= 15 is 0 Å². The molecule has 0 saturated carbocycles. The molecular formula is C11H15NO3. The second-order valence-electron chi connectivity index (χ2n) is 3.15. The number of hydrogen-bond acceptors (Lipinski definition) is 4. The van der Waals surface area contributed by atoms with Crippen molar-refractivity contribution in [1.29, 1.82) is 0 Å². The average Bonchev–Trinajstić information content (AvgIpc) is 2.21. The zero-order chi connectivity index (χ0) is 11.4. The molecule has 1 aromatic carbocycles. The van der Waals surface area contributed by atoms with Crippen LogP contribution in [0.1, 0.15) is 22.8 Å². The molecule has 0 aliphatic heterocycles. The summed E-state index contributed by atoms with van der Waals surface area (Å²) in [4.78, 5) is 11.5. The molecule has 0 atom stereocenters. The Morgan fingerprint density at radius 1 is 1.47 bits per heavy atom. The van der Waals surface area contributed by atoms with Crippen LogP contribution in [0.3, 0.4) is 0 Å². The molecule has 0 bridgehead atoms. The van der Waals surface area contributed by atoms with Crippen molar-refractivity contribution in [3.8, 4) is 5.75 Å². The van der Waals surface area contributed by atoms with Crippen molar-refractivity contribution in [2.24, 2.45) is 0 Å². The van der Waals surface area contributed by atoms with E-state index in [0.717, 1.165) is 5.56 Å². The van der Waals surface area contributed by atoms with Crippen LogP contribution >= 0.6 is 0 Å². The third-order valence-corrected chi connectivity index (χ3v) is 2.00. The van der Waals surface area contributed by atoms with Crippen LogP contribution in [0.15, 0.2) is 12.1 Å². The predicted molar refractivity (Wildman–Crippen MR) is 58.1 cm³/mol. The topological polar surface area (TPSA) is 61.5 Å². The summed E-state index contributed by atoms with van der Waals surface area (Å²) >= 11 is 0. The number of rotatable bonds is 3. The number of nitrogens with two attached hydrogens (primary N) is 1. The second kappa shape index (κ2) is 4.68. The molecule has 15 heavy (non-hydrogen) atoms. The van der Waals surface area contributed by atoms with Crippen molar-refractivity contribution in [1.82, 2.24) is 0 Å². The maximum absolute atomic E-state index is 11.5. The highest BCUT2D eigenvalue weighted by Gasteiger charge is 2.14. The summed E-state index contributed by atoms with van der Waals surface area (Å²) in [7, 11) is 1.51. The molecule has 0 saturated heterocycles. The Morgan fingerprint density at radius 3 is 2.67 bits per heavy atom. The number of benzene rings is 1. The van der Waals surface area contributed by atoms with E-state index < -0.39 is 5.97 Å². The fraction of sp³-hybridized carbons (Fsp3) is 0.364. The molecule has 2 N–H and O–H groups in total. The smallest absolute Gasteiger partial charge is 0.340 e. The van der Waals surface area contributed by atoms with Gasteiger partial charge in [-0.25, -0.2) is 4.79 Å². The standard InChI is InChI=1S/C11H15NO3/c1-4-15-11(13)8-5-7(2)6-9(14-3)10(8)12/h5-6H,4,12H2,1-3H3. The van der Waals surface area contributed by atoms with E-state index in [9.17, 15) is 4.79 Å². The third-order valence-electron chi connectivity index (χ3n) is 2.00. The van der Waals surface area contributed by atoms with Crippen LogP contribution in [0.5, 0.6) is 5.75 Å². The van der Waals surface area contributed by atoms with Gasteiger partial charge in [0.05, 0.1) is 25.0 Å². The molecular weight excluding hydrogens is 194 g/mol. The fourth-order valence-electron chi connectivity index (χ4n) is 1.31. The number of ether oxygens (including phenoxy) is 2. The molecule has 0 heterocycles. The Balaban J connectivity index is 3.17. The maximum atomic E-state index is 11.5. The minimum atomic E-state index is -0.419. The monoisotopic (exact) mass is 209 g/mol. The van der Waals surface area contributed by atoms with Crippen molar-refractivity contribution in [2.45, 2.75) is 13.8 Å². The molecule has 0 radical (unpaired) electrons. The summed E-state index contributed by atoms with van der Waals surface area (Å²) < 4.78 is 9.95. The third kappa shape index (κ3) is 2.40. The maximum Gasteiger partial charge on any atom is 0.340 e. The zero-order valence-electron chi connectivity index (χ0n) is 9.16. The Morgan fingerprint density at radius 2 is 2.13 bits per heavy atom. The first-order chi connectivity index (χ1) is 7.10. The van der Waals surface area contributed by atoms with Crippen molar-refractivity contribution in [2.75, 3.05) is 19.5 Å². The largest absolute Gasteiger partial charge is 0.495 e. The van der Waals surface area contributed by atoms with E-state index in [4.69, 9.17) is 15.2 Å². The average molecular weight is 209 g/mol. The van der Waals surface area contributed by atoms with Crippen LogP contribution in [0.4, 0.5) is 5.69 Å².